The first-order valence-corrected chi connectivity index (χ1v) is 9.16. The summed E-state index contributed by atoms with van der Waals surface area (Å²) in [5, 5.41) is 13.2. The number of hydrogen-bond donors (Lipinski definition) is 4. The molecule has 0 aromatic rings. The molecule has 0 rings (SSSR count). The van der Waals surface area contributed by atoms with Gasteiger partial charge >= 0.3 is 5.97 Å². The maximum atomic E-state index is 11.0. The molecule has 8 heteroatoms. The molecule has 0 atom stereocenters. The van der Waals surface area contributed by atoms with Gasteiger partial charge in [-0.2, -0.15) is 0 Å². The fourth-order valence-electron chi connectivity index (χ4n) is 1.73. The van der Waals surface area contributed by atoms with Gasteiger partial charge in [0.2, 0.25) is 9.76 Å². The second-order valence-electron chi connectivity index (χ2n) is 4.79. The Morgan fingerprint density at radius 2 is 1.48 bits per heavy atom. The highest BCUT2D eigenvalue weighted by Crippen LogP contribution is 1.85. The van der Waals surface area contributed by atoms with Gasteiger partial charge in [0, 0.05) is 52.9 Å². The van der Waals surface area contributed by atoms with Crippen molar-refractivity contribution in [3.05, 3.63) is 0 Å². The average molecular weight is 343 g/mol. The molecule has 0 spiro atoms. The number of ether oxygens (including phenoxy) is 1. The molecule has 23 heavy (non-hydrogen) atoms. The van der Waals surface area contributed by atoms with Crippen LogP contribution in [0.25, 0.3) is 0 Å². The highest BCUT2D eigenvalue weighted by molar-refractivity contribution is 6.26. The molecule has 2 radical (unpaired) electrons. The van der Waals surface area contributed by atoms with Crippen LogP contribution >= 0.6 is 0 Å². The number of nitrogens with one attached hydrogen (secondary N) is 4. The van der Waals surface area contributed by atoms with Crippen molar-refractivity contribution in [2.24, 2.45) is 0 Å². The maximum absolute atomic E-state index is 11.0. The highest BCUT2D eigenvalue weighted by Gasteiger charge is 1.99. The Kier molecular flexibility index (Phi) is 18.3. The molecule has 0 aliphatic carbocycles. The number of hydrogen-bond acceptors (Lipinski definition) is 7. The van der Waals surface area contributed by atoms with Gasteiger partial charge in [0.1, 0.15) is 6.11 Å². The van der Waals surface area contributed by atoms with E-state index in [1.165, 1.54) is 6.42 Å². The number of rotatable bonds is 17. The SMILES string of the molecule is C#COC(=O)CCNCCNCCNCCNCCC[Si]OC. The average Bonchev–Trinajstić information content (AvgIpc) is 2.54. The highest BCUT2D eigenvalue weighted by atomic mass is 28.2. The Morgan fingerprint density at radius 1 is 0.957 bits per heavy atom. The van der Waals surface area contributed by atoms with Crippen molar-refractivity contribution < 1.29 is 14.0 Å². The third kappa shape index (κ3) is 19.0. The lowest BCUT2D eigenvalue weighted by molar-refractivity contribution is -0.136. The first kappa shape index (κ1) is 22.0. The first-order chi connectivity index (χ1) is 11.3. The maximum Gasteiger partial charge on any atom is 0.321 e. The van der Waals surface area contributed by atoms with E-state index in [2.05, 4.69) is 26.0 Å². The summed E-state index contributed by atoms with van der Waals surface area (Å²) >= 11 is 0. The second kappa shape index (κ2) is 19.1. The largest absolute Gasteiger partial charge is 0.421 e. The van der Waals surface area contributed by atoms with Gasteiger partial charge in [-0.1, -0.05) is 6.42 Å². The summed E-state index contributed by atoms with van der Waals surface area (Å²) in [6, 6.07) is 1.14. The number of terminal acetylenes is 1. The predicted molar refractivity (Wildman–Crippen MR) is 93.2 cm³/mol. The Morgan fingerprint density at radius 3 is 2.00 bits per heavy atom. The van der Waals surface area contributed by atoms with E-state index in [9.17, 15) is 4.79 Å². The van der Waals surface area contributed by atoms with Gasteiger partial charge in [-0.05, 0) is 19.0 Å². The van der Waals surface area contributed by atoms with E-state index in [0.717, 1.165) is 51.9 Å². The standard InChI is InChI=1S/C15H30N4O3Si/c1-3-22-15(20)5-7-17-9-11-19-13-12-18-10-8-16-6-4-14-23-21-2/h1,16-19H,4-14H2,2H3. The van der Waals surface area contributed by atoms with E-state index >= 15 is 0 Å². The number of carbonyl (C=O) groups is 1. The smallest absolute Gasteiger partial charge is 0.321 e. The van der Waals surface area contributed by atoms with Crippen molar-refractivity contribution in [1.82, 2.24) is 21.3 Å². The summed E-state index contributed by atoms with van der Waals surface area (Å²) in [7, 11) is 2.37. The van der Waals surface area contributed by atoms with Gasteiger partial charge in [-0.3, -0.25) is 4.79 Å². The molecule has 0 amide bonds. The van der Waals surface area contributed by atoms with Crippen LogP contribution in [-0.4, -0.2) is 75.2 Å². The molecule has 0 aliphatic rings. The van der Waals surface area contributed by atoms with Gasteiger partial charge in [0.05, 0.1) is 6.42 Å². The summed E-state index contributed by atoms with van der Waals surface area (Å²) in [5.41, 5.74) is 0. The third-order valence-corrected chi connectivity index (χ3v) is 3.74. The van der Waals surface area contributed by atoms with Gasteiger partial charge < -0.3 is 30.4 Å². The van der Waals surface area contributed by atoms with Crippen LogP contribution < -0.4 is 21.3 Å². The van der Waals surface area contributed by atoms with Crippen LogP contribution in [0.4, 0.5) is 0 Å². The molecule has 7 nitrogen and oxygen atoms in total. The summed E-state index contributed by atoms with van der Waals surface area (Å²) in [4.78, 5) is 11.0. The topological polar surface area (TPSA) is 83.7 Å². The lowest BCUT2D eigenvalue weighted by Crippen LogP contribution is -2.35. The van der Waals surface area contributed by atoms with E-state index in [1.807, 2.05) is 6.11 Å². The summed E-state index contributed by atoms with van der Waals surface area (Å²) in [6.45, 7) is 7.15. The van der Waals surface area contributed by atoms with Crippen LogP contribution in [0, 0.1) is 12.5 Å². The normalized spacial score (nSPS) is 10.4. The van der Waals surface area contributed by atoms with E-state index in [1.54, 1.807) is 7.11 Å². The third-order valence-electron chi connectivity index (χ3n) is 2.89. The van der Waals surface area contributed by atoms with Crippen LogP contribution in [0.5, 0.6) is 0 Å². The predicted octanol–water partition coefficient (Wildman–Crippen LogP) is -1.06. The van der Waals surface area contributed by atoms with Crippen LogP contribution in [0.2, 0.25) is 6.04 Å². The minimum Gasteiger partial charge on any atom is -0.421 e. The van der Waals surface area contributed by atoms with Crippen LogP contribution in [0.15, 0.2) is 0 Å². The zero-order valence-corrected chi connectivity index (χ0v) is 15.1. The van der Waals surface area contributed by atoms with Crippen LogP contribution in [0.3, 0.4) is 0 Å². The molecular formula is C15H30N4O3Si. The van der Waals surface area contributed by atoms with E-state index in [4.69, 9.17) is 10.8 Å². The Hall–Kier alpha value is -0.953. The minimum atomic E-state index is -0.370. The van der Waals surface area contributed by atoms with Crippen molar-refractivity contribution in [2.75, 3.05) is 59.5 Å². The van der Waals surface area contributed by atoms with Crippen molar-refractivity contribution in [1.29, 1.82) is 0 Å². The van der Waals surface area contributed by atoms with Crippen molar-refractivity contribution in [2.45, 2.75) is 18.9 Å². The van der Waals surface area contributed by atoms with Gasteiger partial charge in [0.15, 0.2) is 0 Å². The summed E-state index contributed by atoms with van der Waals surface area (Å²) < 4.78 is 9.40. The molecule has 0 aliphatic heterocycles. The van der Waals surface area contributed by atoms with Gasteiger partial charge in [-0.15, -0.1) is 0 Å². The molecule has 0 aromatic carbocycles. The van der Waals surface area contributed by atoms with E-state index in [0.29, 0.717) is 22.7 Å². The lowest BCUT2D eigenvalue weighted by Gasteiger charge is -2.08. The quantitative estimate of drug-likeness (QED) is 0.116. The molecular weight excluding hydrogens is 312 g/mol. The van der Waals surface area contributed by atoms with Crippen LogP contribution in [-0.2, 0) is 14.0 Å². The lowest BCUT2D eigenvalue weighted by atomic mass is 10.4. The molecule has 4 N–H and O–H groups in total. The molecule has 0 unspecified atom stereocenters. The monoisotopic (exact) mass is 342 g/mol. The van der Waals surface area contributed by atoms with Gasteiger partial charge in [0.25, 0.3) is 0 Å². The Balaban J connectivity index is 3.03. The molecule has 0 heterocycles. The molecule has 0 saturated carbocycles. The second-order valence-corrected chi connectivity index (χ2v) is 5.99. The zero-order valence-electron chi connectivity index (χ0n) is 14.1. The molecule has 0 fully saturated rings. The van der Waals surface area contributed by atoms with Crippen LogP contribution in [0.1, 0.15) is 12.8 Å². The van der Waals surface area contributed by atoms with E-state index in [-0.39, 0.29) is 5.97 Å². The first-order valence-electron chi connectivity index (χ1n) is 8.05. The molecule has 0 saturated heterocycles. The van der Waals surface area contributed by atoms with Crippen molar-refractivity contribution >= 4 is 15.7 Å². The fourth-order valence-corrected chi connectivity index (χ4v) is 2.25. The van der Waals surface area contributed by atoms with E-state index < -0.39 is 0 Å². The molecule has 0 aromatic heterocycles. The summed E-state index contributed by atoms with van der Waals surface area (Å²) in [5.74, 6) is -0.370. The van der Waals surface area contributed by atoms with Crippen molar-refractivity contribution in [3.8, 4) is 12.5 Å². The Bertz CT molecular complexity index is 314. The Labute approximate surface area is 142 Å². The van der Waals surface area contributed by atoms with Crippen molar-refractivity contribution in [3.63, 3.8) is 0 Å². The molecule has 132 valence electrons. The zero-order chi connectivity index (χ0) is 17.0. The summed E-state index contributed by atoms with van der Waals surface area (Å²) in [6.07, 6.45) is 8.18. The number of carbonyl (C=O) groups excluding carboxylic acids is 1. The van der Waals surface area contributed by atoms with Gasteiger partial charge in [-0.25, -0.2) is 0 Å². The minimum absolute atomic E-state index is 0.296. The number of esters is 1. The fraction of sp³-hybridized carbons (Fsp3) is 0.800. The molecule has 0 bridgehead atoms.